The summed E-state index contributed by atoms with van der Waals surface area (Å²) in [5, 5.41) is 2.22. The van der Waals surface area contributed by atoms with Gasteiger partial charge in [0.15, 0.2) is 0 Å². The van der Waals surface area contributed by atoms with E-state index in [0.29, 0.717) is 11.5 Å². The molecule has 370 valence electrons. The van der Waals surface area contributed by atoms with E-state index in [0.717, 1.165) is 55.9 Å². The van der Waals surface area contributed by atoms with E-state index in [1.807, 2.05) is 12.3 Å². The predicted octanol–water partition coefficient (Wildman–Crippen LogP) is 17.5. The van der Waals surface area contributed by atoms with Crippen LogP contribution < -0.4 is 14.5 Å². The summed E-state index contributed by atoms with van der Waals surface area (Å²) in [5.41, 5.74) is 14.0. The van der Waals surface area contributed by atoms with E-state index in [9.17, 15) is 0 Å². The van der Waals surface area contributed by atoms with Crippen molar-refractivity contribution in [3.05, 3.63) is 222 Å². The first kappa shape index (κ1) is 50.5. The number of anilines is 4. The predicted molar refractivity (Wildman–Crippen MR) is 297 cm³/mol. The number of hydrogen-bond acceptors (Lipinski definition) is 4. The Morgan fingerprint density at radius 1 is 0.444 bits per heavy atom. The molecule has 0 N–H and O–H groups in total. The van der Waals surface area contributed by atoms with Crippen LogP contribution >= 0.6 is 0 Å². The molecule has 72 heavy (non-hydrogen) atoms. The summed E-state index contributed by atoms with van der Waals surface area (Å²) < 4.78 is 9.26. The molecule has 0 radical (unpaired) electrons. The van der Waals surface area contributed by atoms with Gasteiger partial charge in [-0.15, -0.1) is 53.6 Å². The molecule has 0 spiro atoms. The van der Waals surface area contributed by atoms with E-state index in [-0.39, 0.29) is 48.1 Å². The zero-order valence-electron chi connectivity index (χ0n) is 44.2. The largest absolute Gasteiger partial charge is 0.509 e. The first-order valence-corrected chi connectivity index (χ1v) is 25.1. The fraction of sp³-hybridized carbons (Fsp3) is 0.273. The van der Waals surface area contributed by atoms with Gasteiger partial charge in [0.25, 0.3) is 0 Å². The normalized spacial score (nSPS) is 13.4. The number of ether oxygens (including phenoxy) is 1. The third-order valence-electron chi connectivity index (χ3n) is 14.8. The maximum Gasteiger partial charge on any atom is 0.135 e. The van der Waals surface area contributed by atoms with Crippen LogP contribution in [0.15, 0.2) is 164 Å². The summed E-state index contributed by atoms with van der Waals surface area (Å²) in [4.78, 5) is 9.61. The number of aromatic nitrogens is 2. The van der Waals surface area contributed by atoms with Crippen LogP contribution in [0.4, 0.5) is 22.7 Å². The van der Waals surface area contributed by atoms with Gasteiger partial charge >= 0.3 is 0 Å². The van der Waals surface area contributed by atoms with Crippen LogP contribution in [-0.4, -0.2) is 9.55 Å². The number of pyridine rings is 1. The fourth-order valence-electron chi connectivity index (χ4n) is 9.98. The van der Waals surface area contributed by atoms with E-state index < -0.39 is 0 Å². The Balaban J connectivity index is 0.00000640. The Kier molecular flexibility index (Phi) is 13.0. The molecule has 0 aliphatic carbocycles. The number of nitrogens with zero attached hydrogens (tertiary/aromatic N) is 4. The van der Waals surface area contributed by atoms with Crippen LogP contribution in [0.1, 0.15) is 129 Å². The Bertz CT molecular complexity index is 3410. The van der Waals surface area contributed by atoms with Gasteiger partial charge in [-0.3, -0.25) is 0 Å². The minimum absolute atomic E-state index is 0. The van der Waals surface area contributed by atoms with Gasteiger partial charge in [-0.25, -0.2) is 4.98 Å². The van der Waals surface area contributed by atoms with Gasteiger partial charge in [0, 0.05) is 66.8 Å². The molecule has 7 aromatic carbocycles. The summed E-state index contributed by atoms with van der Waals surface area (Å²) in [7, 11) is 0. The smallest absolute Gasteiger partial charge is 0.135 e. The SMILES string of the molecule is CC(C)(C)c1cc(N2[CH-]N(c3[c-]c(Oc4[c-]c5c(cc4)c4ccccc4n5-c4cc(C(C)(C)C)ccn4)cc(C(C)(C)c4ccccc4)c3)c3ccc(C(C)(C)c4ccccc4)cc32)cc(C(C)(C)C)c1.[Pt]. The zero-order valence-corrected chi connectivity index (χ0v) is 46.5. The van der Waals surface area contributed by atoms with Gasteiger partial charge in [0.05, 0.1) is 0 Å². The molecular weight excluding hydrogens is 1060 g/mol. The average molecular weight is 1130 g/mol. The number of fused-ring (bicyclic) bond motifs is 4. The van der Waals surface area contributed by atoms with Crippen molar-refractivity contribution in [2.45, 2.75) is 117 Å². The molecular formula is C66H67N4OPt-3. The van der Waals surface area contributed by atoms with E-state index in [1.165, 1.54) is 33.4 Å². The van der Waals surface area contributed by atoms with Crippen LogP contribution in [0.3, 0.4) is 0 Å². The van der Waals surface area contributed by atoms with E-state index >= 15 is 0 Å². The average Bonchev–Trinajstić information content (AvgIpc) is 3.89. The molecule has 0 saturated heterocycles. The third kappa shape index (κ3) is 9.42. The molecule has 10 rings (SSSR count). The van der Waals surface area contributed by atoms with Crippen molar-refractivity contribution in [3.8, 4) is 17.3 Å². The molecule has 3 heterocycles. The molecule has 9 aromatic rings. The molecule has 5 nitrogen and oxygen atoms in total. The molecule has 0 saturated carbocycles. The summed E-state index contributed by atoms with van der Waals surface area (Å²) >= 11 is 0. The fourth-order valence-corrected chi connectivity index (χ4v) is 9.98. The van der Waals surface area contributed by atoms with E-state index in [4.69, 9.17) is 9.72 Å². The molecule has 1 aliphatic rings. The van der Waals surface area contributed by atoms with Crippen LogP contribution in [0, 0.1) is 18.8 Å². The molecule has 0 amide bonds. The number of para-hydroxylation sites is 1. The summed E-state index contributed by atoms with van der Waals surface area (Å²) in [6.45, 7) is 32.0. The number of hydrogen-bond donors (Lipinski definition) is 0. The standard InChI is InChI=1S/C66H67N4O.Pt/c1-62(2,3)46-32-33-67-61(40-46)70-57-27-21-20-26-55(57)56-30-29-53(42-59(56)70)71-54-38-50(66(12,13)45-24-18-15-19-25-45)37-52(41-54)68-43-69(51-35-48(63(4,5)6)34-49(36-51)64(7,8)9)60-39-47(28-31-58(60)68)65(10,11)44-22-16-14-17-23-44;/h14-40,43H,1-13H3;/q-3;. The van der Waals surface area contributed by atoms with Gasteiger partial charge in [-0.2, -0.15) is 6.07 Å². The quantitative estimate of drug-likeness (QED) is 0.135. The van der Waals surface area contributed by atoms with Crippen LogP contribution in [0.2, 0.25) is 0 Å². The molecule has 1 aliphatic heterocycles. The minimum atomic E-state index is -0.387. The minimum Gasteiger partial charge on any atom is -0.509 e. The Morgan fingerprint density at radius 3 is 1.67 bits per heavy atom. The maximum absolute atomic E-state index is 7.04. The second-order valence-corrected chi connectivity index (χ2v) is 23.6. The molecule has 0 unspecified atom stereocenters. The van der Waals surface area contributed by atoms with Crippen LogP contribution in [-0.2, 0) is 48.1 Å². The first-order chi connectivity index (χ1) is 33.6. The van der Waals surface area contributed by atoms with Crippen molar-refractivity contribution < 1.29 is 25.8 Å². The summed E-state index contributed by atoms with van der Waals surface area (Å²) in [6.07, 6.45) is 1.91. The van der Waals surface area contributed by atoms with Crippen molar-refractivity contribution in [3.63, 3.8) is 0 Å². The molecule has 2 aromatic heterocycles. The molecule has 0 fully saturated rings. The first-order valence-electron chi connectivity index (χ1n) is 25.1. The van der Waals surface area contributed by atoms with Gasteiger partial charge < -0.3 is 19.1 Å². The molecule has 0 bridgehead atoms. The third-order valence-corrected chi connectivity index (χ3v) is 14.8. The van der Waals surface area contributed by atoms with Crippen molar-refractivity contribution in [1.29, 1.82) is 0 Å². The molecule has 0 atom stereocenters. The van der Waals surface area contributed by atoms with Gasteiger partial charge in [0.2, 0.25) is 0 Å². The van der Waals surface area contributed by atoms with Crippen molar-refractivity contribution in [2.24, 2.45) is 0 Å². The van der Waals surface area contributed by atoms with E-state index in [1.54, 1.807) is 0 Å². The Labute approximate surface area is 443 Å². The monoisotopic (exact) mass is 1130 g/mol. The van der Waals surface area contributed by atoms with Gasteiger partial charge in [-0.05, 0) is 103 Å². The Hall–Kier alpha value is -6.42. The van der Waals surface area contributed by atoms with Crippen molar-refractivity contribution >= 4 is 44.6 Å². The Morgan fingerprint density at radius 2 is 1.04 bits per heavy atom. The maximum atomic E-state index is 7.04. The number of benzene rings is 7. The zero-order chi connectivity index (χ0) is 50.3. The second kappa shape index (κ2) is 18.6. The van der Waals surface area contributed by atoms with Gasteiger partial charge in [-0.1, -0.05) is 187 Å². The summed E-state index contributed by atoms with van der Waals surface area (Å²) in [5.74, 6) is 2.05. The second-order valence-electron chi connectivity index (χ2n) is 23.6. The van der Waals surface area contributed by atoms with Gasteiger partial charge in [0.1, 0.15) is 5.82 Å². The molecule has 6 heteroatoms. The summed E-state index contributed by atoms with van der Waals surface area (Å²) in [6, 6.07) is 64.7. The van der Waals surface area contributed by atoms with Crippen molar-refractivity contribution in [1.82, 2.24) is 9.55 Å². The number of rotatable bonds is 9. The van der Waals surface area contributed by atoms with Crippen molar-refractivity contribution in [2.75, 3.05) is 9.80 Å². The van der Waals surface area contributed by atoms with Crippen LogP contribution in [0.5, 0.6) is 11.5 Å². The topological polar surface area (TPSA) is 33.5 Å². The van der Waals surface area contributed by atoms with E-state index in [2.05, 4.69) is 275 Å². The van der Waals surface area contributed by atoms with Crippen LogP contribution in [0.25, 0.3) is 27.6 Å².